The second kappa shape index (κ2) is 11.2. The fraction of sp³-hybridized carbons (Fsp3) is 0.333. The molecule has 0 N–H and O–H groups in total. The first-order valence-corrected chi connectivity index (χ1v) is 12.0. The second-order valence-electron chi connectivity index (χ2n) is 7.88. The number of benzene rings is 1. The maximum absolute atomic E-state index is 13.3. The van der Waals surface area contributed by atoms with Gasteiger partial charge in [0, 0.05) is 22.8 Å². The molecule has 3 aromatic rings. The molecular weight excluding hydrogens is 431 g/mol. The van der Waals surface area contributed by atoms with Crippen molar-refractivity contribution < 1.29 is 14.0 Å². The van der Waals surface area contributed by atoms with E-state index in [0.29, 0.717) is 26.1 Å². The van der Waals surface area contributed by atoms with Crippen LogP contribution >= 0.6 is 22.7 Å². The number of halogens is 1. The summed E-state index contributed by atoms with van der Waals surface area (Å²) in [5.41, 5.74) is 0.853. The van der Waals surface area contributed by atoms with E-state index in [1.807, 2.05) is 48.9 Å². The predicted octanol–water partition coefficient (Wildman–Crippen LogP) is 5.20. The Labute approximate surface area is 190 Å². The van der Waals surface area contributed by atoms with Crippen LogP contribution in [0.5, 0.6) is 0 Å². The van der Waals surface area contributed by atoms with Crippen LogP contribution in [0.1, 0.15) is 29.2 Å². The summed E-state index contributed by atoms with van der Waals surface area (Å²) in [6, 6.07) is 14.0. The van der Waals surface area contributed by atoms with E-state index < -0.39 is 0 Å². The topological polar surface area (TPSA) is 40.6 Å². The average Bonchev–Trinajstić information content (AvgIpc) is 3.42. The van der Waals surface area contributed by atoms with Crippen LogP contribution in [-0.2, 0) is 29.1 Å². The highest BCUT2D eigenvalue weighted by molar-refractivity contribution is 7.10. The van der Waals surface area contributed by atoms with Gasteiger partial charge in [-0.05, 0) is 46.5 Å². The first-order valence-electron chi connectivity index (χ1n) is 10.3. The van der Waals surface area contributed by atoms with Crippen LogP contribution in [0.2, 0.25) is 0 Å². The number of nitrogens with zero attached hydrogens (tertiary/aromatic N) is 2. The molecule has 4 nitrogen and oxygen atoms in total. The molecule has 164 valence electrons. The van der Waals surface area contributed by atoms with Crippen molar-refractivity contribution >= 4 is 34.5 Å². The lowest BCUT2D eigenvalue weighted by Crippen LogP contribution is -2.44. The normalized spacial score (nSPS) is 11.0. The van der Waals surface area contributed by atoms with E-state index in [1.165, 1.54) is 12.1 Å². The van der Waals surface area contributed by atoms with Crippen LogP contribution in [0.3, 0.4) is 0 Å². The molecule has 2 aromatic heterocycles. The molecule has 1 aromatic carbocycles. The zero-order valence-electron chi connectivity index (χ0n) is 17.8. The van der Waals surface area contributed by atoms with Gasteiger partial charge < -0.3 is 9.80 Å². The van der Waals surface area contributed by atoms with Gasteiger partial charge in [-0.1, -0.05) is 38.1 Å². The Balaban J connectivity index is 1.74. The van der Waals surface area contributed by atoms with E-state index in [9.17, 15) is 14.0 Å². The molecule has 0 fully saturated rings. The van der Waals surface area contributed by atoms with Gasteiger partial charge >= 0.3 is 0 Å². The summed E-state index contributed by atoms with van der Waals surface area (Å²) in [6.07, 6.45) is 0.306. The highest BCUT2D eigenvalue weighted by Gasteiger charge is 2.23. The maximum Gasteiger partial charge on any atom is 0.242 e. The summed E-state index contributed by atoms with van der Waals surface area (Å²) in [5, 5.41) is 3.93. The van der Waals surface area contributed by atoms with Gasteiger partial charge in [0.2, 0.25) is 11.8 Å². The van der Waals surface area contributed by atoms with Crippen molar-refractivity contribution in [3.05, 3.63) is 80.4 Å². The number of hydrogen-bond acceptors (Lipinski definition) is 4. The fourth-order valence-electron chi connectivity index (χ4n) is 3.27. The van der Waals surface area contributed by atoms with Crippen molar-refractivity contribution in [2.45, 2.75) is 33.4 Å². The zero-order valence-corrected chi connectivity index (χ0v) is 19.4. The number of thiophene rings is 2. The molecule has 2 amide bonds. The summed E-state index contributed by atoms with van der Waals surface area (Å²) >= 11 is 3.13. The highest BCUT2D eigenvalue weighted by atomic mass is 32.1. The average molecular weight is 459 g/mol. The van der Waals surface area contributed by atoms with Crippen molar-refractivity contribution in [3.8, 4) is 0 Å². The van der Waals surface area contributed by atoms with Crippen molar-refractivity contribution in [3.63, 3.8) is 0 Å². The SMILES string of the molecule is CC(C)CN(CC(=O)N(Cc1ccc(F)cc1)Cc1cccs1)C(=O)Cc1cccs1. The third-order valence-corrected chi connectivity index (χ3v) is 6.47. The molecule has 0 radical (unpaired) electrons. The Bertz CT molecular complexity index is 954. The van der Waals surface area contributed by atoms with Gasteiger partial charge in [-0.3, -0.25) is 9.59 Å². The van der Waals surface area contributed by atoms with E-state index in [1.54, 1.807) is 44.6 Å². The molecule has 0 aliphatic heterocycles. The van der Waals surface area contributed by atoms with Crippen LogP contribution in [0.4, 0.5) is 4.39 Å². The van der Waals surface area contributed by atoms with Crippen molar-refractivity contribution in [2.24, 2.45) is 5.92 Å². The van der Waals surface area contributed by atoms with Crippen LogP contribution < -0.4 is 0 Å². The first kappa shape index (κ1) is 23.2. The van der Waals surface area contributed by atoms with Gasteiger partial charge in [-0.2, -0.15) is 0 Å². The minimum absolute atomic E-state index is 0.0367. The lowest BCUT2D eigenvalue weighted by atomic mass is 10.1. The maximum atomic E-state index is 13.3. The van der Waals surface area contributed by atoms with Crippen LogP contribution in [-0.4, -0.2) is 34.7 Å². The predicted molar refractivity (Wildman–Crippen MR) is 124 cm³/mol. The molecule has 0 saturated carbocycles. The van der Waals surface area contributed by atoms with Gasteiger partial charge in [0.15, 0.2) is 0 Å². The molecular formula is C24H27FN2O2S2. The minimum atomic E-state index is -0.304. The first-order chi connectivity index (χ1) is 14.9. The Morgan fingerprint density at radius 1 is 0.871 bits per heavy atom. The molecule has 31 heavy (non-hydrogen) atoms. The van der Waals surface area contributed by atoms with E-state index in [4.69, 9.17) is 0 Å². The van der Waals surface area contributed by atoms with Crippen molar-refractivity contribution in [1.82, 2.24) is 9.80 Å². The van der Waals surface area contributed by atoms with E-state index in [-0.39, 0.29) is 30.1 Å². The van der Waals surface area contributed by atoms with Gasteiger partial charge in [0.25, 0.3) is 0 Å². The van der Waals surface area contributed by atoms with Crippen molar-refractivity contribution in [1.29, 1.82) is 0 Å². The third kappa shape index (κ3) is 7.29. The Hall–Kier alpha value is -2.51. The summed E-state index contributed by atoms with van der Waals surface area (Å²) in [7, 11) is 0. The van der Waals surface area contributed by atoms with Gasteiger partial charge in [-0.15, -0.1) is 22.7 Å². The molecule has 0 atom stereocenters. The molecule has 0 aliphatic carbocycles. The molecule has 0 unspecified atom stereocenters. The minimum Gasteiger partial charge on any atom is -0.333 e. The molecule has 0 spiro atoms. The molecule has 0 bridgehead atoms. The summed E-state index contributed by atoms with van der Waals surface area (Å²) in [4.78, 5) is 31.7. The van der Waals surface area contributed by atoms with E-state index in [2.05, 4.69) is 0 Å². The lowest BCUT2D eigenvalue weighted by Gasteiger charge is -2.28. The summed E-state index contributed by atoms with van der Waals surface area (Å²) in [6.45, 7) is 5.47. The number of rotatable bonds is 10. The highest BCUT2D eigenvalue weighted by Crippen LogP contribution is 2.17. The zero-order chi connectivity index (χ0) is 22.2. The lowest BCUT2D eigenvalue weighted by molar-refractivity contribution is -0.141. The van der Waals surface area contributed by atoms with Gasteiger partial charge in [-0.25, -0.2) is 4.39 Å². The number of carbonyl (C=O) groups excluding carboxylic acids is 2. The second-order valence-corrected chi connectivity index (χ2v) is 9.94. The van der Waals surface area contributed by atoms with Crippen LogP contribution in [0.15, 0.2) is 59.3 Å². The Kier molecular flexibility index (Phi) is 8.37. The van der Waals surface area contributed by atoms with Crippen LogP contribution in [0, 0.1) is 11.7 Å². The van der Waals surface area contributed by atoms with E-state index >= 15 is 0 Å². The quantitative estimate of drug-likeness (QED) is 0.419. The smallest absolute Gasteiger partial charge is 0.242 e. The number of carbonyl (C=O) groups is 2. The third-order valence-electron chi connectivity index (χ3n) is 4.74. The van der Waals surface area contributed by atoms with Gasteiger partial charge in [0.1, 0.15) is 5.82 Å². The van der Waals surface area contributed by atoms with E-state index in [0.717, 1.165) is 15.3 Å². The molecule has 2 heterocycles. The largest absolute Gasteiger partial charge is 0.333 e. The number of hydrogen-bond donors (Lipinski definition) is 0. The standard InChI is InChI=1S/C24H27FN2O2S2/c1-18(2)14-26(23(28)13-21-5-3-11-30-21)17-24(29)27(16-22-6-4-12-31-22)15-19-7-9-20(25)10-8-19/h3-12,18H,13-17H2,1-2H3. The van der Waals surface area contributed by atoms with Crippen LogP contribution in [0.25, 0.3) is 0 Å². The van der Waals surface area contributed by atoms with Crippen molar-refractivity contribution in [2.75, 3.05) is 13.1 Å². The molecule has 3 rings (SSSR count). The molecule has 7 heteroatoms. The fourth-order valence-corrected chi connectivity index (χ4v) is 4.68. The Morgan fingerprint density at radius 2 is 1.52 bits per heavy atom. The monoisotopic (exact) mass is 458 g/mol. The summed E-state index contributed by atoms with van der Waals surface area (Å²) in [5.74, 6) is -0.203. The number of amides is 2. The molecule has 0 aliphatic rings. The Morgan fingerprint density at radius 3 is 2.10 bits per heavy atom. The molecule has 0 saturated heterocycles. The summed E-state index contributed by atoms with van der Waals surface area (Å²) < 4.78 is 13.3. The van der Waals surface area contributed by atoms with Gasteiger partial charge in [0.05, 0.1) is 19.5 Å².